The van der Waals surface area contributed by atoms with Crippen LogP contribution in [0.25, 0.3) is 10.6 Å². The molecule has 0 atom stereocenters. The Morgan fingerprint density at radius 1 is 1.19 bits per heavy atom. The molecule has 3 aromatic rings. The summed E-state index contributed by atoms with van der Waals surface area (Å²) in [5.41, 5.74) is 1.22. The summed E-state index contributed by atoms with van der Waals surface area (Å²) in [6.07, 6.45) is 0. The number of phenols is 1. The second kappa shape index (κ2) is 7.55. The minimum Gasteiger partial charge on any atom is -0.505 e. The van der Waals surface area contributed by atoms with Crippen LogP contribution in [-0.2, 0) is 4.74 Å². The Bertz CT molecular complexity index is 1020. The van der Waals surface area contributed by atoms with Gasteiger partial charge >= 0.3 is 5.97 Å². The van der Waals surface area contributed by atoms with E-state index in [-0.39, 0.29) is 22.8 Å². The van der Waals surface area contributed by atoms with Crippen molar-refractivity contribution in [1.29, 1.82) is 0 Å². The third-order valence-corrected chi connectivity index (χ3v) is 4.99. The molecule has 8 heteroatoms. The number of carbonyl (C=O) groups excluding carboxylic acids is 2. The zero-order valence-corrected chi connectivity index (χ0v) is 15.3. The van der Waals surface area contributed by atoms with Crippen molar-refractivity contribution < 1.29 is 23.8 Å². The summed E-state index contributed by atoms with van der Waals surface area (Å²) in [6, 6.07) is 10.2. The minimum absolute atomic E-state index is 0.0525. The highest BCUT2D eigenvalue weighted by atomic mass is 32.1. The molecule has 6 nitrogen and oxygen atoms in total. The second-order valence-corrected chi connectivity index (χ2v) is 6.59. The first-order valence-electron chi connectivity index (χ1n) is 7.85. The van der Waals surface area contributed by atoms with Crippen LogP contribution >= 0.6 is 11.3 Å². The number of aryl methyl sites for hydroxylation is 1. The standard InChI is InChI=1S/C19H15FN2O4S/c1-10-16(27-18(21-10)11-6-8-12(20)9-7-11)17(24)22-14-5-3-4-13(15(14)23)19(25)26-2/h3-9,23H,1-2H3,(H,22,24). The number of para-hydroxylation sites is 1. The number of aromatic hydroxyl groups is 1. The number of ether oxygens (including phenoxy) is 1. The maximum Gasteiger partial charge on any atom is 0.341 e. The van der Waals surface area contributed by atoms with Crippen molar-refractivity contribution in [3.63, 3.8) is 0 Å². The van der Waals surface area contributed by atoms with Gasteiger partial charge in [-0.15, -0.1) is 11.3 Å². The van der Waals surface area contributed by atoms with Gasteiger partial charge in [0.25, 0.3) is 5.91 Å². The zero-order chi connectivity index (χ0) is 19.6. The van der Waals surface area contributed by atoms with Crippen LogP contribution in [0.1, 0.15) is 25.7 Å². The molecule has 0 unspecified atom stereocenters. The minimum atomic E-state index is -0.712. The van der Waals surface area contributed by atoms with Gasteiger partial charge in [-0.2, -0.15) is 0 Å². The van der Waals surface area contributed by atoms with Gasteiger partial charge in [-0.3, -0.25) is 4.79 Å². The molecule has 0 saturated carbocycles. The number of thiazole rings is 1. The molecule has 0 aliphatic carbocycles. The van der Waals surface area contributed by atoms with E-state index in [1.54, 1.807) is 19.1 Å². The van der Waals surface area contributed by atoms with Crippen LogP contribution in [0.2, 0.25) is 0 Å². The quantitative estimate of drug-likeness (QED) is 0.523. The predicted molar refractivity (Wildman–Crippen MR) is 99.6 cm³/mol. The van der Waals surface area contributed by atoms with Crippen molar-refractivity contribution in [2.24, 2.45) is 0 Å². The third-order valence-electron chi connectivity index (χ3n) is 3.78. The van der Waals surface area contributed by atoms with E-state index < -0.39 is 11.9 Å². The highest BCUT2D eigenvalue weighted by Gasteiger charge is 2.20. The monoisotopic (exact) mass is 386 g/mol. The largest absolute Gasteiger partial charge is 0.505 e. The first kappa shape index (κ1) is 18.5. The summed E-state index contributed by atoms with van der Waals surface area (Å²) in [4.78, 5) is 29.0. The molecule has 0 saturated heterocycles. The maximum atomic E-state index is 13.1. The molecule has 2 aromatic carbocycles. The number of amides is 1. The topological polar surface area (TPSA) is 88.5 Å². The molecule has 2 N–H and O–H groups in total. The molecule has 138 valence electrons. The lowest BCUT2D eigenvalue weighted by Gasteiger charge is -2.09. The molecule has 27 heavy (non-hydrogen) atoms. The molecule has 0 aliphatic rings. The highest BCUT2D eigenvalue weighted by molar-refractivity contribution is 7.17. The number of esters is 1. The molecular weight excluding hydrogens is 371 g/mol. The van der Waals surface area contributed by atoms with E-state index in [9.17, 15) is 19.1 Å². The Labute approximate surface area is 158 Å². The Hall–Kier alpha value is -3.26. The van der Waals surface area contributed by atoms with Gasteiger partial charge in [0.2, 0.25) is 0 Å². The second-order valence-electron chi connectivity index (χ2n) is 5.59. The number of hydrogen-bond donors (Lipinski definition) is 2. The molecule has 0 fully saturated rings. The fourth-order valence-corrected chi connectivity index (χ4v) is 3.39. The molecule has 0 aliphatic heterocycles. The van der Waals surface area contributed by atoms with E-state index in [1.807, 2.05) is 0 Å². The van der Waals surface area contributed by atoms with Crippen LogP contribution in [0, 0.1) is 12.7 Å². The number of aromatic nitrogens is 1. The number of methoxy groups -OCH3 is 1. The fraction of sp³-hybridized carbons (Fsp3) is 0.105. The van der Waals surface area contributed by atoms with Gasteiger partial charge in [-0.05, 0) is 43.3 Å². The average molecular weight is 386 g/mol. The third kappa shape index (κ3) is 3.80. The van der Waals surface area contributed by atoms with Gasteiger partial charge in [-0.25, -0.2) is 14.2 Å². The summed E-state index contributed by atoms with van der Waals surface area (Å²) in [5.74, 6) is -1.92. The molecule has 0 radical (unpaired) electrons. The van der Waals surface area contributed by atoms with Gasteiger partial charge < -0.3 is 15.2 Å². The van der Waals surface area contributed by atoms with Crippen LogP contribution in [-0.4, -0.2) is 29.1 Å². The summed E-state index contributed by atoms with van der Waals surface area (Å²) >= 11 is 1.15. The summed E-state index contributed by atoms with van der Waals surface area (Å²) in [7, 11) is 1.20. The predicted octanol–water partition coefficient (Wildman–Crippen LogP) is 4.00. The van der Waals surface area contributed by atoms with Gasteiger partial charge in [0.05, 0.1) is 18.5 Å². The average Bonchev–Trinajstić information content (AvgIpc) is 3.05. The number of anilines is 1. The lowest BCUT2D eigenvalue weighted by atomic mass is 10.1. The SMILES string of the molecule is COC(=O)c1cccc(NC(=O)c2sc(-c3ccc(F)cc3)nc2C)c1O. The van der Waals surface area contributed by atoms with Crippen molar-refractivity contribution in [2.45, 2.75) is 6.92 Å². The van der Waals surface area contributed by atoms with Crippen molar-refractivity contribution in [1.82, 2.24) is 4.98 Å². The van der Waals surface area contributed by atoms with Crippen molar-refractivity contribution in [3.8, 4) is 16.3 Å². The first-order chi connectivity index (χ1) is 12.9. The summed E-state index contributed by atoms with van der Waals surface area (Å²) in [5, 5.41) is 13.3. The number of halogens is 1. The lowest BCUT2D eigenvalue weighted by Crippen LogP contribution is -2.12. The Kier molecular flexibility index (Phi) is 5.18. The number of hydrogen-bond acceptors (Lipinski definition) is 6. The zero-order valence-electron chi connectivity index (χ0n) is 14.4. The van der Waals surface area contributed by atoms with Crippen LogP contribution in [0.15, 0.2) is 42.5 Å². The van der Waals surface area contributed by atoms with Crippen molar-refractivity contribution in [3.05, 3.63) is 64.4 Å². The Morgan fingerprint density at radius 3 is 2.56 bits per heavy atom. The molecule has 3 rings (SSSR count). The van der Waals surface area contributed by atoms with Crippen LogP contribution in [0.5, 0.6) is 5.75 Å². The number of nitrogens with one attached hydrogen (secondary N) is 1. The van der Waals surface area contributed by atoms with Crippen LogP contribution in [0.3, 0.4) is 0 Å². The van der Waals surface area contributed by atoms with Crippen LogP contribution in [0.4, 0.5) is 10.1 Å². The van der Waals surface area contributed by atoms with Crippen molar-refractivity contribution in [2.75, 3.05) is 12.4 Å². The number of phenolic OH excluding ortho intramolecular Hbond substituents is 1. The van der Waals surface area contributed by atoms with Gasteiger partial charge in [0.1, 0.15) is 21.3 Å². The van der Waals surface area contributed by atoms with Crippen LogP contribution < -0.4 is 5.32 Å². The van der Waals surface area contributed by atoms with E-state index in [0.29, 0.717) is 21.1 Å². The Morgan fingerprint density at radius 2 is 1.89 bits per heavy atom. The molecular formula is C19H15FN2O4S. The molecule has 1 aromatic heterocycles. The molecule has 1 amide bonds. The maximum absolute atomic E-state index is 13.1. The molecule has 0 spiro atoms. The van der Waals surface area contributed by atoms with Crippen molar-refractivity contribution >= 4 is 28.9 Å². The van der Waals surface area contributed by atoms with E-state index >= 15 is 0 Å². The summed E-state index contributed by atoms with van der Waals surface area (Å²) < 4.78 is 17.7. The highest BCUT2D eigenvalue weighted by Crippen LogP contribution is 2.31. The first-order valence-corrected chi connectivity index (χ1v) is 8.67. The van der Waals surface area contributed by atoms with Gasteiger partial charge in [-0.1, -0.05) is 6.07 Å². The lowest BCUT2D eigenvalue weighted by molar-refractivity contribution is 0.0597. The van der Waals surface area contributed by atoms with Gasteiger partial charge in [0, 0.05) is 5.56 Å². The smallest absolute Gasteiger partial charge is 0.341 e. The van der Waals surface area contributed by atoms with Gasteiger partial charge in [0.15, 0.2) is 5.75 Å². The van der Waals surface area contributed by atoms with E-state index in [4.69, 9.17) is 0 Å². The molecule has 1 heterocycles. The number of benzene rings is 2. The normalized spacial score (nSPS) is 10.5. The Balaban J connectivity index is 1.87. The number of rotatable bonds is 4. The number of nitrogens with zero attached hydrogens (tertiary/aromatic N) is 1. The summed E-state index contributed by atoms with van der Waals surface area (Å²) in [6.45, 7) is 1.68. The molecule has 0 bridgehead atoms. The van der Waals surface area contributed by atoms with E-state index in [0.717, 1.165) is 11.3 Å². The van der Waals surface area contributed by atoms with E-state index in [2.05, 4.69) is 15.0 Å². The fourth-order valence-electron chi connectivity index (χ4n) is 2.42. The van der Waals surface area contributed by atoms with E-state index in [1.165, 1.54) is 37.4 Å². The number of carbonyl (C=O) groups is 2.